The van der Waals surface area contributed by atoms with Crippen molar-refractivity contribution < 1.29 is 4.79 Å². The van der Waals surface area contributed by atoms with E-state index in [0.29, 0.717) is 5.16 Å². The molecular formula is C19H18BrN3O2S2. The molecule has 5 nitrogen and oxygen atoms in total. The van der Waals surface area contributed by atoms with Crippen molar-refractivity contribution in [3.8, 4) is 0 Å². The summed E-state index contributed by atoms with van der Waals surface area (Å²) in [6.07, 6.45) is 3.12. The Morgan fingerprint density at radius 2 is 2.22 bits per heavy atom. The van der Waals surface area contributed by atoms with E-state index in [2.05, 4.69) is 26.2 Å². The van der Waals surface area contributed by atoms with Gasteiger partial charge in [0.1, 0.15) is 4.83 Å². The van der Waals surface area contributed by atoms with Crippen LogP contribution in [0.3, 0.4) is 0 Å². The molecule has 2 aromatic heterocycles. The van der Waals surface area contributed by atoms with E-state index in [9.17, 15) is 9.59 Å². The van der Waals surface area contributed by atoms with E-state index in [1.807, 2.05) is 25.1 Å². The van der Waals surface area contributed by atoms with E-state index in [0.717, 1.165) is 45.2 Å². The summed E-state index contributed by atoms with van der Waals surface area (Å²) in [5.41, 5.74) is 3.02. The summed E-state index contributed by atoms with van der Waals surface area (Å²) in [4.78, 5) is 31.9. The lowest BCUT2D eigenvalue weighted by molar-refractivity contribution is -0.113. The zero-order valence-electron chi connectivity index (χ0n) is 15.0. The topological polar surface area (TPSA) is 64.0 Å². The van der Waals surface area contributed by atoms with Crippen molar-refractivity contribution in [1.29, 1.82) is 0 Å². The number of hydrogen-bond acceptors (Lipinski definition) is 5. The minimum absolute atomic E-state index is 0.0106. The van der Waals surface area contributed by atoms with Crippen LogP contribution in [-0.4, -0.2) is 21.2 Å². The number of halogens is 1. The van der Waals surface area contributed by atoms with Gasteiger partial charge < -0.3 is 5.32 Å². The van der Waals surface area contributed by atoms with Gasteiger partial charge in [0, 0.05) is 16.4 Å². The second-order valence-electron chi connectivity index (χ2n) is 6.62. The highest BCUT2D eigenvalue weighted by atomic mass is 79.9. The van der Waals surface area contributed by atoms with Gasteiger partial charge in [0.15, 0.2) is 5.16 Å². The maximum absolute atomic E-state index is 12.8. The molecule has 1 aliphatic rings. The van der Waals surface area contributed by atoms with Gasteiger partial charge in [-0.25, -0.2) is 4.98 Å². The standard InChI is InChI=1S/C19H18BrN3O2S2/c1-10-6-7-13(12(20)8-10)21-15(24)9-26-19-22-17-16(18(25)23(19)2)11-4-3-5-14(11)27-17/h6-8H,3-5,9H2,1-2H3,(H,21,24). The summed E-state index contributed by atoms with van der Waals surface area (Å²) >= 11 is 6.37. The molecule has 0 saturated heterocycles. The molecule has 140 valence electrons. The Kier molecular flexibility index (Phi) is 5.13. The summed E-state index contributed by atoms with van der Waals surface area (Å²) in [5.74, 6) is 0.0598. The van der Waals surface area contributed by atoms with Crippen molar-refractivity contribution in [1.82, 2.24) is 9.55 Å². The molecule has 0 spiro atoms. The summed E-state index contributed by atoms with van der Waals surface area (Å²) in [7, 11) is 1.73. The van der Waals surface area contributed by atoms with E-state index in [1.54, 1.807) is 23.0 Å². The fourth-order valence-corrected chi connectivity index (χ4v) is 5.94. The van der Waals surface area contributed by atoms with Gasteiger partial charge in [-0.15, -0.1) is 11.3 Å². The third-order valence-corrected chi connectivity index (χ3v) is 7.51. The number of thioether (sulfide) groups is 1. The van der Waals surface area contributed by atoms with Crippen LogP contribution < -0.4 is 10.9 Å². The molecule has 0 unspecified atom stereocenters. The normalized spacial score (nSPS) is 13.1. The number of carbonyl (C=O) groups is 1. The van der Waals surface area contributed by atoms with Gasteiger partial charge in [0.2, 0.25) is 5.91 Å². The molecule has 0 aliphatic heterocycles. The fraction of sp³-hybridized carbons (Fsp3) is 0.316. The maximum Gasteiger partial charge on any atom is 0.262 e. The Morgan fingerprint density at radius 1 is 1.41 bits per heavy atom. The monoisotopic (exact) mass is 463 g/mol. The Balaban J connectivity index is 1.53. The SMILES string of the molecule is Cc1ccc(NC(=O)CSc2nc3sc4c(c3c(=O)n2C)CCC4)c(Br)c1. The maximum atomic E-state index is 12.8. The Labute approximate surface area is 173 Å². The number of thiophene rings is 1. The molecular weight excluding hydrogens is 446 g/mol. The Bertz CT molecular complexity index is 1120. The van der Waals surface area contributed by atoms with Gasteiger partial charge in [0.25, 0.3) is 5.56 Å². The van der Waals surface area contributed by atoms with Crippen molar-refractivity contribution in [2.75, 3.05) is 11.1 Å². The summed E-state index contributed by atoms with van der Waals surface area (Å²) in [6.45, 7) is 2.00. The van der Waals surface area contributed by atoms with Crippen molar-refractivity contribution in [2.45, 2.75) is 31.3 Å². The summed E-state index contributed by atoms with van der Waals surface area (Å²) < 4.78 is 2.41. The second kappa shape index (κ2) is 7.41. The number of carbonyl (C=O) groups excluding carboxylic acids is 1. The lowest BCUT2D eigenvalue weighted by Gasteiger charge is -2.09. The lowest BCUT2D eigenvalue weighted by Crippen LogP contribution is -2.21. The number of fused-ring (bicyclic) bond motifs is 3. The largest absolute Gasteiger partial charge is 0.324 e. The second-order valence-corrected chi connectivity index (χ2v) is 9.50. The highest BCUT2D eigenvalue weighted by Gasteiger charge is 2.22. The van der Waals surface area contributed by atoms with E-state index in [4.69, 9.17) is 0 Å². The number of rotatable bonds is 4. The van der Waals surface area contributed by atoms with Crippen LogP contribution in [0.2, 0.25) is 0 Å². The predicted octanol–water partition coefficient (Wildman–Crippen LogP) is 4.29. The molecule has 1 N–H and O–H groups in total. The van der Waals surface area contributed by atoms with Crippen LogP contribution in [0.25, 0.3) is 10.2 Å². The molecule has 0 fully saturated rings. The number of anilines is 1. The van der Waals surface area contributed by atoms with Crippen LogP contribution in [0.15, 0.2) is 32.6 Å². The highest BCUT2D eigenvalue weighted by Crippen LogP contribution is 2.35. The Hall–Kier alpha value is -1.64. The van der Waals surface area contributed by atoms with Crippen molar-refractivity contribution in [3.05, 3.63) is 49.0 Å². The minimum atomic E-state index is -0.132. The van der Waals surface area contributed by atoms with Gasteiger partial charge in [-0.2, -0.15) is 0 Å². The van der Waals surface area contributed by atoms with E-state index >= 15 is 0 Å². The van der Waals surface area contributed by atoms with Crippen molar-refractivity contribution >= 4 is 60.8 Å². The van der Waals surface area contributed by atoms with Crippen LogP contribution in [0.4, 0.5) is 5.69 Å². The molecule has 0 bridgehead atoms. The fourth-order valence-electron chi connectivity index (χ4n) is 3.27. The molecule has 1 aromatic carbocycles. The van der Waals surface area contributed by atoms with Crippen LogP contribution in [0, 0.1) is 6.92 Å². The average molecular weight is 464 g/mol. The molecule has 0 radical (unpaired) electrons. The molecule has 1 amide bonds. The van der Waals surface area contributed by atoms with Gasteiger partial charge in [-0.1, -0.05) is 17.8 Å². The number of aryl methyl sites for hydroxylation is 3. The molecule has 0 atom stereocenters. The van der Waals surface area contributed by atoms with Crippen LogP contribution in [0.5, 0.6) is 0 Å². The molecule has 27 heavy (non-hydrogen) atoms. The highest BCUT2D eigenvalue weighted by molar-refractivity contribution is 9.10. The zero-order chi connectivity index (χ0) is 19.1. The van der Waals surface area contributed by atoms with Gasteiger partial charge in [0.05, 0.1) is 16.8 Å². The number of nitrogens with one attached hydrogen (secondary N) is 1. The number of amides is 1. The minimum Gasteiger partial charge on any atom is -0.324 e. The number of nitrogens with zero attached hydrogens (tertiary/aromatic N) is 2. The molecule has 4 rings (SSSR count). The molecule has 2 heterocycles. The summed E-state index contributed by atoms with van der Waals surface area (Å²) in [6, 6.07) is 5.77. The predicted molar refractivity (Wildman–Crippen MR) is 115 cm³/mol. The first-order valence-corrected chi connectivity index (χ1v) is 11.2. The number of hydrogen-bond donors (Lipinski definition) is 1. The first kappa shape index (κ1) is 18.7. The first-order valence-electron chi connectivity index (χ1n) is 8.64. The molecule has 8 heteroatoms. The molecule has 0 saturated carbocycles. The summed E-state index contributed by atoms with van der Waals surface area (Å²) in [5, 5.41) is 4.24. The molecule has 1 aliphatic carbocycles. The lowest BCUT2D eigenvalue weighted by atomic mass is 10.2. The quantitative estimate of drug-likeness (QED) is 0.463. The van der Waals surface area contributed by atoms with Crippen molar-refractivity contribution in [3.63, 3.8) is 0 Å². The third-order valence-electron chi connectivity index (χ3n) is 4.64. The van der Waals surface area contributed by atoms with Gasteiger partial charge in [-0.3, -0.25) is 14.2 Å². The number of aromatic nitrogens is 2. The van der Waals surface area contributed by atoms with E-state index < -0.39 is 0 Å². The van der Waals surface area contributed by atoms with Crippen LogP contribution in [-0.2, 0) is 24.7 Å². The van der Waals surface area contributed by atoms with E-state index in [-0.39, 0.29) is 17.2 Å². The van der Waals surface area contributed by atoms with Gasteiger partial charge in [-0.05, 0) is 65.4 Å². The Morgan fingerprint density at radius 3 is 3.00 bits per heavy atom. The van der Waals surface area contributed by atoms with Crippen LogP contribution >= 0.6 is 39.0 Å². The van der Waals surface area contributed by atoms with Crippen molar-refractivity contribution in [2.24, 2.45) is 7.05 Å². The third kappa shape index (κ3) is 3.58. The van der Waals surface area contributed by atoms with Gasteiger partial charge >= 0.3 is 0 Å². The number of benzene rings is 1. The smallest absolute Gasteiger partial charge is 0.262 e. The molecule has 3 aromatic rings. The first-order chi connectivity index (χ1) is 12.9. The zero-order valence-corrected chi connectivity index (χ0v) is 18.2. The average Bonchev–Trinajstić information content (AvgIpc) is 3.20. The van der Waals surface area contributed by atoms with Crippen LogP contribution in [0.1, 0.15) is 22.4 Å². The van der Waals surface area contributed by atoms with E-state index in [1.165, 1.54) is 22.2 Å².